The Morgan fingerprint density at radius 3 is 1.94 bits per heavy atom. The van der Waals surface area contributed by atoms with Gasteiger partial charge in [-0.2, -0.15) is 0 Å². The van der Waals surface area contributed by atoms with Crippen molar-refractivity contribution < 1.29 is 0 Å². The van der Waals surface area contributed by atoms with Crippen molar-refractivity contribution in [3.05, 3.63) is 18.1 Å². The van der Waals surface area contributed by atoms with Gasteiger partial charge in [0, 0.05) is 0 Å². The highest BCUT2D eigenvalue weighted by Crippen LogP contribution is 2.30. The number of hydrogen-bond donors (Lipinski definition) is 0. The van der Waals surface area contributed by atoms with E-state index in [4.69, 9.17) is 0 Å². The van der Waals surface area contributed by atoms with E-state index in [0.29, 0.717) is 0 Å². The molecule has 0 nitrogen and oxygen atoms in total. The van der Waals surface area contributed by atoms with Crippen LogP contribution in [0, 0.1) is 12.3 Å². The highest BCUT2D eigenvalue weighted by atomic mass is 14.2. The lowest BCUT2D eigenvalue weighted by molar-refractivity contribution is 0.465. The summed E-state index contributed by atoms with van der Waals surface area (Å²) in [5.74, 6) is 0.906. The Hall–Kier alpha value is -0.260. The Balaban J connectivity index is 1.77. The minimum absolute atomic E-state index is 0.906. The van der Waals surface area contributed by atoms with Crippen LogP contribution in [0.2, 0.25) is 0 Å². The van der Waals surface area contributed by atoms with E-state index in [-0.39, 0.29) is 0 Å². The van der Waals surface area contributed by atoms with Crippen LogP contribution in [0.4, 0.5) is 0 Å². The molecule has 3 aliphatic carbocycles. The summed E-state index contributed by atoms with van der Waals surface area (Å²) in [6, 6.07) is 0. The van der Waals surface area contributed by atoms with E-state index in [0.717, 1.165) is 5.92 Å². The van der Waals surface area contributed by atoms with Gasteiger partial charge in [0.25, 0.3) is 0 Å². The van der Waals surface area contributed by atoms with Crippen molar-refractivity contribution in [2.75, 3.05) is 0 Å². The molecule has 17 heavy (non-hydrogen) atoms. The Bertz CT molecular complexity index is 226. The predicted molar refractivity (Wildman–Crippen MR) is 75.9 cm³/mol. The SMILES string of the molecule is [CH]1C=C2CCCCCCCCCCCC1CC2. The van der Waals surface area contributed by atoms with E-state index in [1.165, 1.54) is 83.5 Å². The summed E-state index contributed by atoms with van der Waals surface area (Å²) in [6.45, 7) is 0. The summed E-state index contributed by atoms with van der Waals surface area (Å²) >= 11 is 0. The summed E-state index contributed by atoms with van der Waals surface area (Å²) in [5.41, 5.74) is 1.73. The zero-order valence-electron chi connectivity index (χ0n) is 11.4. The highest BCUT2D eigenvalue weighted by molar-refractivity contribution is 5.14. The molecule has 0 aromatic heterocycles. The number of rotatable bonds is 0. The van der Waals surface area contributed by atoms with Gasteiger partial charge in [-0.1, -0.05) is 63.0 Å². The molecule has 0 aromatic rings. The van der Waals surface area contributed by atoms with E-state index in [1.807, 2.05) is 0 Å². The van der Waals surface area contributed by atoms with Gasteiger partial charge in [0.15, 0.2) is 0 Å². The van der Waals surface area contributed by atoms with Crippen LogP contribution in [0.1, 0.15) is 83.5 Å². The number of fused-ring (bicyclic) bond motifs is 12. The van der Waals surface area contributed by atoms with E-state index < -0.39 is 0 Å². The third kappa shape index (κ3) is 5.27. The second kappa shape index (κ2) is 7.95. The molecule has 0 aliphatic heterocycles. The fourth-order valence-electron chi connectivity index (χ4n) is 3.27. The molecule has 0 aromatic carbocycles. The van der Waals surface area contributed by atoms with Crippen molar-refractivity contribution in [3.8, 4) is 0 Å². The van der Waals surface area contributed by atoms with E-state index in [1.54, 1.807) is 5.57 Å². The van der Waals surface area contributed by atoms with Crippen LogP contribution in [-0.4, -0.2) is 0 Å². The van der Waals surface area contributed by atoms with Crippen molar-refractivity contribution in [2.45, 2.75) is 83.5 Å². The molecule has 0 heterocycles. The van der Waals surface area contributed by atoms with Gasteiger partial charge < -0.3 is 0 Å². The topological polar surface area (TPSA) is 0 Å². The van der Waals surface area contributed by atoms with Crippen LogP contribution in [0.5, 0.6) is 0 Å². The number of allylic oxidation sites excluding steroid dienone is 2. The Morgan fingerprint density at radius 2 is 1.29 bits per heavy atom. The summed E-state index contributed by atoms with van der Waals surface area (Å²) in [6.07, 6.45) is 23.9. The smallest absolute Gasteiger partial charge is 0.0137 e. The van der Waals surface area contributed by atoms with Crippen LogP contribution in [0.15, 0.2) is 11.6 Å². The maximum Gasteiger partial charge on any atom is -0.0137 e. The van der Waals surface area contributed by atoms with Crippen molar-refractivity contribution in [3.63, 3.8) is 0 Å². The normalized spacial score (nSPS) is 29.2. The zero-order valence-corrected chi connectivity index (χ0v) is 11.4. The van der Waals surface area contributed by atoms with Gasteiger partial charge in [-0.3, -0.25) is 0 Å². The standard InChI is InChI=1S/C17H29/c1-2-4-6-8-10-16-12-14-17(15-13-16)11-9-7-5-3-1/h12,14,16H,1-11,13,15H2. The van der Waals surface area contributed by atoms with Gasteiger partial charge in [-0.05, 0) is 44.4 Å². The maximum atomic E-state index is 2.51. The summed E-state index contributed by atoms with van der Waals surface area (Å²) < 4.78 is 0. The molecule has 1 fully saturated rings. The van der Waals surface area contributed by atoms with Gasteiger partial charge in [-0.15, -0.1) is 0 Å². The van der Waals surface area contributed by atoms with Crippen LogP contribution >= 0.6 is 0 Å². The highest BCUT2D eigenvalue weighted by Gasteiger charge is 2.14. The molecule has 3 rings (SSSR count). The lowest BCUT2D eigenvalue weighted by Gasteiger charge is -2.21. The quantitative estimate of drug-likeness (QED) is 0.493. The second-order valence-corrected chi connectivity index (χ2v) is 6.04. The third-order valence-corrected chi connectivity index (χ3v) is 4.51. The van der Waals surface area contributed by atoms with Crippen LogP contribution in [0.3, 0.4) is 0 Å². The molecule has 3 aliphatic rings. The van der Waals surface area contributed by atoms with Gasteiger partial charge in [0.05, 0.1) is 0 Å². The fourth-order valence-corrected chi connectivity index (χ4v) is 3.27. The minimum Gasteiger partial charge on any atom is -0.0813 e. The van der Waals surface area contributed by atoms with Crippen molar-refractivity contribution in [2.24, 2.45) is 5.92 Å². The predicted octanol–water partition coefficient (Wildman–Crippen LogP) is 5.83. The van der Waals surface area contributed by atoms with E-state index in [2.05, 4.69) is 12.5 Å². The van der Waals surface area contributed by atoms with Gasteiger partial charge in [0.2, 0.25) is 0 Å². The van der Waals surface area contributed by atoms with Crippen LogP contribution < -0.4 is 0 Å². The molecule has 0 N–H and O–H groups in total. The fraction of sp³-hybridized carbons (Fsp3) is 0.824. The average molecular weight is 233 g/mol. The largest absolute Gasteiger partial charge is 0.0813 e. The molecule has 1 radical (unpaired) electrons. The van der Waals surface area contributed by atoms with Gasteiger partial charge in [0.1, 0.15) is 0 Å². The van der Waals surface area contributed by atoms with E-state index in [9.17, 15) is 0 Å². The Morgan fingerprint density at radius 1 is 0.647 bits per heavy atom. The monoisotopic (exact) mass is 233 g/mol. The number of hydrogen-bond acceptors (Lipinski definition) is 0. The molecule has 0 saturated heterocycles. The zero-order chi connectivity index (χ0) is 11.8. The third-order valence-electron chi connectivity index (χ3n) is 4.51. The summed E-state index contributed by atoms with van der Waals surface area (Å²) in [7, 11) is 0. The van der Waals surface area contributed by atoms with E-state index >= 15 is 0 Å². The first-order chi connectivity index (χ1) is 8.45. The van der Waals surface area contributed by atoms with Crippen molar-refractivity contribution in [1.82, 2.24) is 0 Å². The molecule has 2 bridgehead atoms. The molecule has 0 heteroatoms. The molecular formula is C17H29. The Kier molecular flexibility index (Phi) is 6.16. The van der Waals surface area contributed by atoms with Crippen molar-refractivity contribution in [1.29, 1.82) is 0 Å². The minimum atomic E-state index is 0.906. The van der Waals surface area contributed by atoms with Crippen molar-refractivity contribution >= 4 is 0 Å². The average Bonchev–Trinajstić information content (AvgIpc) is 2.38. The molecule has 1 atom stereocenters. The summed E-state index contributed by atoms with van der Waals surface area (Å²) in [5, 5.41) is 0. The molecule has 97 valence electrons. The Labute approximate surface area is 108 Å². The maximum absolute atomic E-state index is 2.51. The molecule has 0 amide bonds. The van der Waals surface area contributed by atoms with Crippen LogP contribution in [0.25, 0.3) is 0 Å². The first-order valence-corrected chi connectivity index (χ1v) is 7.98. The first-order valence-electron chi connectivity index (χ1n) is 7.98. The molecular weight excluding hydrogens is 204 g/mol. The second-order valence-electron chi connectivity index (χ2n) is 6.04. The summed E-state index contributed by atoms with van der Waals surface area (Å²) in [4.78, 5) is 0. The molecule has 1 saturated carbocycles. The van der Waals surface area contributed by atoms with Gasteiger partial charge >= 0.3 is 0 Å². The first kappa shape index (κ1) is 13.2. The lowest BCUT2D eigenvalue weighted by atomic mass is 9.84. The van der Waals surface area contributed by atoms with Crippen LogP contribution in [-0.2, 0) is 0 Å². The molecule has 1 unspecified atom stereocenters. The lowest BCUT2D eigenvalue weighted by Crippen LogP contribution is -2.06. The molecule has 0 spiro atoms. The van der Waals surface area contributed by atoms with Gasteiger partial charge in [-0.25, -0.2) is 0 Å².